The van der Waals surface area contributed by atoms with Crippen molar-refractivity contribution in [3.8, 4) is 5.69 Å². The second-order valence-electron chi connectivity index (χ2n) is 6.18. The smallest absolute Gasteiger partial charge is 0.203 e. The molecular weight excluding hydrogens is 316 g/mol. The van der Waals surface area contributed by atoms with E-state index in [0.717, 1.165) is 41.9 Å². The number of rotatable bonds is 3. The van der Waals surface area contributed by atoms with Crippen LogP contribution in [-0.4, -0.2) is 32.3 Å². The molecule has 2 heterocycles. The predicted molar refractivity (Wildman–Crippen MR) is 92.1 cm³/mol. The van der Waals surface area contributed by atoms with Crippen LogP contribution in [0.3, 0.4) is 0 Å². The summed E-state index contributed by atoms with van der Waals surface area (Å²) in [4.78, 5) is 2.42. The molecule has 1 fully saturated rings. The first-order valence-corrected chi connectivity index (χ1v) is 8.46. The number of aromatic nitrogens is 3. The lowest BCUT2D eigenvalue weighted by Gasteiger charge is -2.30. The minimum Gasteiger partial charge on any atom is -0.284 e. The quantitative estimate of drug-likeness (QED) is 0.791. The molecule has 0 amide bonds. The van der Waals surface area contributed by atoms with Gasteiger partial charge < -0.3 is 0 Å². The van der Waals surface area contributed by atoms with E-state index >= 15 is 0 Å². The van der Waals surface area contributed by atoms with Gasteiger partial charge in [-0.05, 0) is 62.1 Å². The highest BCUT2D eigenvalue weighted by atomic mass is 35.5. The molecule has 2 aromatic rings. The molecule has 4 nitrogen and oxygen atoms in total. The van der Waals surface area contributed by atoms with Gasteiger partial charge in [0.2, 0.25) is 4.77 Å². The summed E-state index contributed by atoms with van der Waals surface area (Å²) in [5.41, 5.74) is 2.02. The van der Waals surface area contributed by atoms with Crippen LogP contribution < -0.4 is 0 Å². The Morgan fingerprint density at radius 2 is 2.23 bits per heavy atom. The summed E-state index contributed by atoms with van der Waals surface area (Å²) in [7, 11) is 0. The van der Waals surface area contributed by atoms with E-state index in [1.807, 2.05) is 34.4 Å². The van der Waals surface area contributed by atoms with Gasteiger partial charge >= 0.3 is 0 Å². The average molecular weight is 337 g/mol. The van der Waals surface area contributed by atoms with Crippen molar-refractivity contribution in [2.45, 2.75) is 33.4 Å². The summed E-state index contributed by atoms with van der Waals surface area (Å²) >= 11 is 11.8. The van der Waals surface area contributed by atoms with Gasteiger partial charge in [-0.15, -0.1) is 0 Å². The van der Waals surface area contributed by atoms with Gasteiger partial charge in [0.25, 0.3) is 0 Å². The van der Waals surface area contributed by atoms with E-state index < -0.39 is 0 Å². The van der Waals surface area contributed by atoms with E-state index in [1.165, 1.54) is 12.8 Å². The van der Waals surface area contributed by atoms with Gasteiger partial charge in [0, 0.05) is 11.6 Å². The molecule has 1 aliphatic heterocycles. The molecule has 1 saturated heterocycles. The van der Waals surface area contributed by atoms with Crippen LogP contribution in [0, 0.1) is 17.6 Å². The van der Waals surface area contributed by atoms with E-state index in [-0.39, 0.29) is 0 Å². The molecule has 0 N–H and O–H groups in total. The zero-order valence-corrected chi connectivity index (χ0v) is 14.6. The van der Waals surface area contributed by atoms with Crippen LogP contribution in [-0.2, 0) is 6.67 Å². The lowest BCUT2D eigenvalue weighted by molar-refractivity contribution is 0.138. The number of nitrogens with zero attached hydrogens (tertiary/aromatic N) is 4. The molecule has 1 aromatic carbocycles. The Kier molecular flexibility index (Phi) is 4.66. The van der Waals surface area contributed by atoms with E-state index in [1.54, 1.807) is 6.33 Å². The van der Waals surface area contributed by atoms with E-state index in [2.05, 4.69) is 16.9 Å². The highest BCUT2D eigenvalue weighted by molar-refractivity contribution is 7.71. The van der Waals surface area contributed by atoms with E-state index in [4.69, 9.17) is 23.8 Å². The fourth-order valence-electron chi connectivity index (χ4n) is 2.95. The van der Waals surface area contributed by atoms with Crippen LogP contribution in [0.2, 0.25) is 5.02 Å². The Bertz CT molecular complexity index is 721. The Hall–Kier alpha value is -1.17. The molecule has 0 saturated carbocycles. The van der Waals surface area contributed by atoms with E-state index in [9.17, 15) is 0 Å². The number of likely N-dealkylation sites (tertiary alicyclic amines) is 1. The Morgan fingerprint density at radius 1 is 1.41 bits per heavy atom. The monoisotopic (exact) mass is 336 g/mol. The summed E-state index contributed by atoms with van der Waals surface area (Å²) in [6, 6.07) is 5.96. The predicted octanol–water partition coefficient (Wildman–Crippen LogP) is 4.05. The maximum Gasteiger partial charge on any atom is 0.203 e. The van der Waals surface area contributed by atoms with Crippen molar-refractivity contribution in [1.82, 2.24) is 19.2 Å². The van der Waals surface area contributed by atoms with Crippen molar-refractivity contribution < 1.29 is 0 Å². The molecule has 118 valence electrons. The first-order valence-electron chi connectivity index (χ1n) is 7.68. The third-order valence-electron chi connectivity index (χ3n) is 4.24. The van der Waals surface area contributed by atoms with Crippen LogP contribution in [0.4, 0.5) is 0 Å². The minimum absolute atomic E-state index is 0.707. The zero-order chi connectivity index (χ0) is 15.7. The number of piperidine rings is 1. The maximum atomic E-state index is 6.21. The normalized spacial score (nSPS) is 19.5. The average Bonchev–Trinajstić information content (AvgIpc) is 2.83. The molecule has 0 radical (unpaired) electrons. The summed E-state index contributed by atoms with van der Waals surface area (Å²) in [5, 5.41) is 5.20. The van der Waals surface area contributed by atoms with Crippen molar-refractivity contribution in [2.24, 2.45) is 5.92 Å². The number of aryl methyl sites for hydroxylation is 1. The Labute approximate surface area is 141 Å². The lowest BCUT2D eigenvalue weighted by Crippen LogP contribution is -2.36. The summed E-state index contributed by atoms with van der Waals surface area (Å²) in [6.07, 6.45) is 4.34. The van der Waals surface area contributed by atoms with Gasteiger partial charge in [-0.1, -0.05) is 24.6 Å². The Balaban J connectivity index is 1.82. The molecule has 0 unspecified atom stereocenters. The molecule has 1 atom stereocenters. The second kappa shape index (κ2) is 6.52. The summed E-state index contributed by atoms with van der Waals surface area (Å²) in [6.45, 7) is 7.29. The number of benzene rings is 1. The third kappa shape index (κ3) is 3.26. The molecule has 6 heteroatoms. The van der Waals surface area contributed by atoms with E-state index in [0.29, 0.717) is 4.77 Å². The summed E-state index contributed by atoms with van der Waals surface area (Å²) < 4.78 is 4.51. The van der Waals surface area contributed by atoms with Gasteiger partial charge in [-0.25, -0.2) is 4.68 Å². The number of hydrogen-bond acceptors (Lipinski definition) is 3. The standard InChI is InChI=1S/C16H21ClN4S/c1-12-4-3-7-19(9-12)11-21-16(22)20(10-18-21)14-6-5-13(2)15(17)8-14/h5-6,8,10,12H,3-4,7,9,11H2,1-2H3/t12-/m1/s1. The number of hydrogen-bond donors (Lipinski definition) is 0. The SMILES string of the molecule is Cc1ccc(-n2cnn(CN3CCC[C@@H](C)C3)c2=S)cc1Cl. The molecule has 1 aliphatic rings. The highest BCUT2D eigenvalue weighted by Crippen LogP contribution is 2.20. The maximum absolute atomic E-state index is 6.21. The van der Waals surface area contributed by atoms with Crippen molar-refractivity contribution in [3.63, 3.8) is 0 Å². The minimum atomic E-state index is 0.707. The van der Waals surface area contributed by atoms with Crippen molar-refractivity contribution in [2.75, 3.05) is 13.1 Å². The first-order chi connectivity index (χ1) is 10.5. The van der Waals surface area contributed by atoms with Crippen LogP contribution in [0.5, 0.6) is 0 Å². The molecule has 1 aromatic heterocycles. The van der Waals surface area contributed by atoms with Crippen LogP contribution >= 0.6 is 23.8 Å². The third-order valence-corrected chi connectivity index (χ3v) is 5.06. The second-order valence-corrected chi connectivity index (χ2v) is 6.95. The lowest BCUT2D eigenvalue weighted by atomic mass is 10.0. The topological polar surface area (TPSA) is 26.0 Å². The van der Waals surface area contributed by atoms with Crippen molar-refractivity contribution in [3.05, 3.63) is 39.9 Å². The van der Waals surface area contributed by atoms with Crippen molar-refractivity contribution >= 4 is 23.8 Å². The molecular formula is C16H21ClN4S. The first kappa shape index (κ1) is 15.7. The van der Waals surface area contributed by atoms with Gasteiger partial charge in [0.1, 0.15) is 6.33 Å². The fraction of sp³-hybridized carbons (Fsp3) is 0.500. The van der Waals surface area contributed by atoms with Gasteiger partial charge in [0.05, 0.1) is 12.4 Å². The molecule has 0 spiro atoms. The largest absolute Gasteiger partial charge is 0.284 e. The Morgan fingerprint density at radius 3 is 2.95 bits per heavy atom. The van der Waals surface area contributed by atoms with Gasteiger partial charge in [-0.3, -0.25) is 9.47 Å². The highest BCUT2D eigenvalue weighted by Gasteiger charge is 2.17. The molecule has 22 heavy (non-hydrogen) atoms. The molecule has 0 aliphatic carbocycles. The fourth-order valence-corrected chi connectivity index (χ4v) is 3.38. The van der Waals surface area contributed by atoms with Crippen molar-refractivity contribution in [1.29, 1.82) is 0 Å². The zero-order valence-electron chi connectivity index (χ0n) is 13.0. The molecule has 3 rings (SSSR count). The molecule has 0 bridgehead atoms. The van der Waals surface area contributed by atoms with Crippen LogP contribution in [0.15, 0.2) is 24.5 Å². The van der Waals surface area contributed by atoms with Crippen LogP contribution in [0.1, 0.15) is 25.3 Å². The van der Waals surface area contributed by atoms with Gasteiger partial charge in [0.15, 0.2) is 0 Å². The summed E-state index contributed by atoms with van der Waals surface area (Å²) in [5.74, 6) is 0.751. The van der Waals surface area contributed by atoms with Gasteiger partial charge in [-0.2, -0.15) is 5.10 Å². The number of halogens is 1. The van der Waals surface area contributed by atoms with Crippen LogP contribution in [0.25, 0.3) is 5.69 Å².